The van der Waals surface area contributed by atoms with E-state index in [-0.39, 0.29) is 17.9 Å². The molecule has 1 fully saturated rings. The van der Waals surface area contributed by atoms with E-state index in [9.17, 15) is 9.90 Å². The number of hydrogen-bond donors (Lipinski definition) is 2. The second-order valence-electron chi connectivity index (χ2n) is 5.67. The molecule has 0 saturated heterocycles. The second-order valence-corrected chi connectivity index (χ2v) is 5.67. The number of aromatic nitrogens is 3. The highest BCUT2D eigenvalue weighted by atomic mass is 16.3. The molecule has 3 rings (SSSR count). The van der Waals surface area contributed by atoms with Crippen LogP contribution in [0.25, 0.3) is 5.65 Å². The molecular formula is C14H18N4O2. The first-order valence-electron chi connectivity index (χ1n) is 6.76. The van der Waals surface area contributed by atoms with Gasteiger partial charge in [0.25, 0.3) is 5.91 Å². The number of aliphatic hydroxyl groups is 1. The van der Waals surface area contributed by atoms with Crippen LogP contribution >= 0.6 is 0 Å². The quantitative estimate of drug-likeness (QED) is 0.866. The number of amides is 1. The summed E-state index contributed by atoms with van der Waals surface area (Å²) in [5.74, 6) is -0.183. The van der Waals surface area contributed by atoms with Crippen molar-refractivity contribution in [2.24, 2.45) is 5.41 Å². The molecule has 6 nitrogen and oxygen atoms in total. The molecule has 1 aliphatic rings. The summed E-state index contributed by atoms with van der Waals surface area (Å²) in [6, 6.07) is 1.92. The van der Waals surface area contributed by atoms with Crippen LogP contribution < -0.4 is 5.32 Å². The molecule has 0 unspecified atom stereocenters. The molecule has 6 heteroatoms. The zero-order chi connectivity index (χ0) is 14.3. The predicted octanol–water partition coefficient (Wildman–Crippen LogP) is 0.848. The van der Waals surface area contributed by atoms with Gasteiger partial charge >= 0.3 is 0 Å². The van der Waals surface area contributed by atoms with E-state index >= 15 is 0 Å². The lowest BCUT2D eigenvalue weighted by Crippen LogP contribution is -2.31. The zero-order valence-corrected chi connectivity index (χ0v) is 11.7. The van der Waals surface area contributed by atoms with Gasteiger partial charge in [-0.05, 0) is 32.8 Å². The van der Waals surface area contributed by atoms with Crippen LogP contribution in [-0.2, 0) is 0 Å². The first kappa shape index (κ1) is 13.1. The van der Waals surface area contributed by atoms with Crippen LogP contribution in [0.5, 0.6) is 0 Å². The van der Waals surface area contributed by atoms with Gasteiger partial charge in [0, 0.05) is 23.3 Å². The van der Waals surface area contributed by atoms with Gasteiger partial charge in [0.1, 0.15) is 5.56 Å². The molecule has 0 aromatic carbocycles. The van der Waals surface area contributed by atoms with Gasteiger partial charge in [-0.1, -0.05) is 0 Å². The lowest BCUT2D eigenvalue weighted by atomic mass is 10.1. The van der Waals surface area contributed by atoms with Crippen molar-refractivity contribution >= 4 is 11.6 Å². The largest absolute Gasteiger partial charge is 0.396 e. The molecule has 1 amide bonds. The average molecular weight is 274 g/mol. The van der Waals surface area contributed by atoms with Gasteiger partial charge in [-0.15, -0.1) is 0 Å². The molecule has 2 aromatic heterocycles. The van der Waals surface area contributed by atoms with Gasteiger partial charge in [-0.3, -0.25) is 4.79 Å². The van der Waals surface area contributed by atoms with E-state index in [0.717, 1.165) is 24.2 Å². The maximum Gasteiger partial charge on any atom is 0.256 e. The van der Waals surface area contributed by atoms with Gasteiger partial charge in [0.15, 0.2) is 5.65 Å². The second kappa shape index (κ2) is 4.56. The van der Waals surface area contributed by atoms with E-state index < -0.39 is 0 Å². The van der Waals surface area contributed by atoms with E-state index in [2.05, 4.69) is 15.4 Å². The Morgan fingerprint density at radius 2 is 2.25 bits per heavy atom. The minimum absolute atomic E-state index is 0.0993. The van der Waals surface area contributed by atoms with Crippen molar-refractivity contribution in [3.8, 4) is 0 Å². The highest BCUT2D eigenvalue weighted by Crippen LogP contribution is 2.44. The van der Waals surface area contributed by atoms with Crippen LogP contribution in [0.2, 0.25) is 0 Å². The smallest absolute Gasteiger partial charge is 0.256 e. The minimum atomic E-state index is -0.183. The Kier molecular flexibility index (Phi) is 2.97. The van der Waals surface area contributed by atoms with E-state index in [4.69, 9.17) is 0 Å². The van der Waals surface area contributed by atoms with Crippen LogP contribution in [0, 0.1) is 19.3 Å². The van der Waals surface area contributed by atoms with Crippen LogP contribution in [-0.4, -0.2) is 38.8 Å². The molecular weight excluding hydrogens is 256 g/mol. The Balaban J connectivity index is 1.84. The van der Waals surface area contributed by atoms with Crippen molar-refractivity contribution in [2.45, 2.75) is 26.7 Å². The average Bonchev–Trinajstić information content (AvgIpc) is 3.08. The van der Waals surface area contributed by atoms with Crippen molar-refractivity contribution in [3.05, 3.63) is 29.2 Å². The fourth-order valence-electron chi connectivity index (χ4n) is 2.36. The highest BCUT2D eigenvalue weighted by Gasteiger charge is 2.42. The van der Waals surface area contributed by atoms with Crippen molar-refractivity contribution in [3.63, 3.8) is 0 Å². The number of carbonyl (C=O) groups excluding carboxylic acids is 1. The number of nitrogens with one attached hydrogen (secondary N) is 1. The minimum Gasteiger partial charge on any atom is -0.396 e. The molecule has 0 aliphatic heterocycles. The van der Waals surface area contributed by atoms with Gasteiger partial charge < -0.3 is 10.4 Å². The molecule has 0 radical (unpaired) electrons. The molecule has 0 bridgehead atoms. The van der Waals surface area contributed by atoms with Gasteiger partial charge in [-0.25, -0.2) is 9.50 Å². The van der Waals surface area contributed by atoms with E-state index in [1.54, 1.807) is 10.7 Å². The van der Waals surface area contributed by atoms with Gasteiger partial charge in [-0.2, -0.15) is 5.10 Å². The van der Waals surface area contributed by atoms with E-state index in [1.165, 1.54) is 0 Å². The van der Waals surface area contributed by atoms with Gasteiger partial charge in [0.05, 0.1) is 12.8 Å². The van der Waals surface area contributed by atoms with Crippen molar-refractivity contribution in [1.29, 1.82) is 0 Å². The molecule has 2 N–H and O–H groups in total. The first-order valence-corrected chi connectivity index (χ1v) is 6.76. The Morgan fingerprint density at radius 1 is 1.50 bits per heavy atom. The summed E-state index contributed by atoms with van der Waals surface area (Å²) in [5.41, 5.74) is 2.76. The third-order valence-corrected chi connectivity index (χ3v) is 3.94. The third kappa shape index (κ3) is 2.16. The Labute approximate surface area is 116 Å². The van der Waals surface area contributed by atoms with Crippen molar-refractivity contribution in [2.75, 3.05) is 13.2 Å². The lowest BCUT2D eigenvalue weighted by Gasteiger charge is -2.12. The zero-order valence-electron chi connectivity index (χ0n) is 11.7. The van der Waals surface area contributed by atoms with Crippen LogP contribution in [0.15, 0.2) is 12.3 Å². The number of carbonyl (C=O) groups is 1. The lowest BCUT2D eigenvalue weighted by molar-refractivity contribution is 0.0936. The third-order valence-electron chi connectivity index (χ3n) is 3.94. The van der Waals surface area contributed by atoms with Crippen molar-refractivity contribution < 1.29 is 9.90 Å². The molecule has 106 valence electrons. The first-order chi connectivity index (χ1) is 9.54. The Bertz CT molecular complexity index is 673. The SMILES string of the molecule is Cc1cc(C)n2ncc(C(=O)NCC3(CO)CC3)c2n1. The van der Waals surface area contributed by atoms with E-state index in [1.807, 2.05) is 19.9 Å². The number of hydrogen-bond acceptors (Lipinski definition) is 4. The normalized spacial score (nSPS) is 16.4. The number of aliphatic hydroxyl groups excluding tert-OH is 1. The van der Waals surface area contributed by atoms with E-state index in [0.29, 0.717) is 17.8 Å². The predicted molar refractivity (Wildman–Crippen MR) is 73.5 cm³/mol. The van der Waals surface area contributed by atoms with Crippen LogP contribution in [0.4, 0.5) is 0 Å². The number of fused-ring (bicyclic) bond motifs is 1. The molecule has 0 spiro atoms. The Hall–Kier alpha value is -1.95. The molecule has 1 saturated carbocycles. The summed E-state index contributed by atoms with van der Waals surface area (Å²) in [7, 11) is 0. The maximum atomic E-state index is 12.2. The molecule has 0 atom stereocenters. The monoisotopic (exact) mass is 274 g/mol. The summed E-state index contributed by atoms with van der Waals surface area (Å²) in [4.78, 5) is 16.6. The van der Waals surface area contributed by atoms with Gasteiger partial charge in [0.2, 0.25) is 0 Å². The number of rotatable bonds is 4. The number of aryl methyl sites for hydroxylation is 2. The Morgan fingerprint density at radius 3 is 2.90 bits per heavy atom. The van der Waals surface area contributed by atoms with Crippen LogP contribution in [0.3, 0.4) is 0 Å². The fraction of sp³-hybridized carbons (Fsp3) is 0.500. The molecule has 2 heterocycles. The van der Waals surface area contributed by atoms with Crippen LogP contribution in [0.1, 0.15) is 34.6 Å². The summed E-state index contributed by atoms with van der Waals surface area (Å²) in [5, 5.41) is 16.3. The summed E-state index contributed by atoms with van der Waals surface area (Å²) in [6.45, 7) is 4.46. The standard InChI is InChI=1S/C14H18N4O2/c1-9-5-10(2)18-12(17-9)11(6-16-18)13(20)15-7-14(8-19)3-4-14/h5-6,19H,3-4,7-8H2,1-2H3,(H,15,20). The summed E-state index contributed by atoms with van der Waals surface area (Å²) in [6.07, 6.45) is 3.48. The topological polar surface area (TPSA) is 79.5 Å². The highest BCUT2D eigenvalue weighted by molar-refractivity contribution is 5.99. The molecule has 2 aromatic rings. The van der Waals surface area contributed by atoms with Crippen molar-refractivity contribution in [1.82, 2.24) is 19.9 Å². The summed E-state index contributed by atoms with van der Waals surface area (Å²) < 4.78 is 1.67. The summed E-state index contributed by atoms with van der Waals surface area (Å²) >= 11 is 0. The maximum absolute atomic E-state index is 12.2. The molecule has 20 heavy (non-hydrogen) atoms. The molecule has 1 aliphatic carbocycles. The fourth-order valence-corrected chi connectivity index (χ4v) is 2.36. The number of nitrogens with zero attached hydrogens (tertiary/aromatic N) is 3.